The van der Waals surface area contributed by atoms with E-state index in [2.05, 4.69) is 5.32 Å². The van der Waals surface area contributed by atoms with E-state index >= 15 is 0 Å². The van der Waals surface area contributed by atoms with Crippen LogP contribution in [0.5, 0.6) is 0 Å². The number of hydrogen-bond donors (Lipinski definition) is 1. The van der Waals surface area contributed by atoms with Crippen molar-refractivity contribution in [1.29, 1.82) is 0 Å². The Hall–Kier alpha value is -1.09. The van der Waals surface area contributed by atoms with Gasteiger partial charge in [-0.1, -0.05) is 25.4 Å². The fourth-order valence-electron chi connectivity index (χ4n) is 1.07. The second-order valence-corrected chi connectivity index (χ2v) is 4.14. The van der Waals surface area contributed by atoms with Gasteiger partial charge in [-0.3, -0.25) is 4.79 Å². The zero-order chi connectivity index (χ0) is 11.4. The minimum Gasteiger partial charge on any atom is -0.352 e. The average Bonchev–Trinajstić information content (AvgIpc) is 2.14. The van der Waals surface area contributed by atoms with Crippen molar-refractivity contribution in [1.82, 2.24) is 5.32 Å². The van der Waals surface area contributed by atoms with Crippen LogP contribution in [0.4, 0.5) is 4.39 Å². The largest absolute Gasteiger partial charge is 0.352 e. The highest BCUT2D eigenvalue weighted by Crippen LogP contribution is 2.16. The zero-order valence-electron chi connectivity index (χ0n) is 8.68. The van der Waals surface area contributed by atoms with Crippen molar-refractivity contribution < 1.29 is 9.18 Å². The van der Waals surface area contributed by atoms with E-state index in [9.17, 15) is 9.18 Å². The smallest absolute Gasteiger partial charge is 0.252 e. The van der Waals surface area contributed by atoms with E-state index < -0.39 is 5.82 Å². The molecule has 1 amide bonds. The molecule has 0 heterocycles. The number of amides is 1. The third-order valence-corrected chi connectivity index (χ3v) is 2.16. The summed E-state index contributed by atoms with van der Waals surface area (Å²) in [7, 11) is 0. The molecule has 4 heteroatoms. The quantitative estimate of drug-likeness (QED) is 0.849. The minimum atomic E-state index is -0.444. The molecule has 0 aromatic heterocycles. The molecule has 2 nitrogen and oxygen atoms in total. The number of nitrogens with one attached hydrogen (secondary N) is 1. The number of carbonyl (C=O) groups excluding carboxylic acids is 1. The van der Waals surface area contributed by atoms with Gasteiger partial charge in [-0.05, 0) is 24.1 Å². The first-order valence-corrected chi connectivity index (χ1v) is 5.11. The highest BCUT2D eigenvalue weighted by Gasteiger charge is 2.10. The van der Waals surface area contributed by atoms with Crippen molar-refractivity contribution in [2.75, 3.05) is 6.54 Å². The van der Waals surface area contributed by atoms with Crippen molar-refractivity contribution in [3.63, 3.8) is 0 Å². The second kappa shape index (κ2) is 5.12. The van der Waals surface area contributed by atoms with Crippen LogP contribution in [0.2, 0.25) is 5.02 Å². The Morgan fingerprint density at radius 1 is 1.53 bits per heavy atom. The first kappa shape index (κ1) is 12.0. The van der Waals surface area contributed by atoms with E-state index in [1.165, 1.54) is 12.1 Å². The molecule has 0 atom stereocenters. The highest BCUT2D eigenvalue weighted by molar-refractivity contribution is 6.33. The van der Waals surface area contributed by atoms with Crippen LogP contribution < -0.4 is 5.32 Å². The van der Waals surface area contributed by atoms with E-state index in [1.54, 1.807) is 0 Å². The summed E-state index contributed by atoms with van der Waals surface area (Å²) in [5.41, 5.74) is 0.304. The van der Waals surface area contributed by atoms with Crippen LogP contribution in [-0.4, -0.2) is 12.5 Å². The molecule has 0 saturated heterocycles. The Morgan fingerprint density at radius 2 is 2.20 bits per heavy atom. The van der Waals surface area contributed by atoms with E-state index in [0.717, 1.165) is 6.07 Å². The fourth-order valence-corrected chi connectivity index (χ4v) is 1.32. The predicted octanol–water partition coefficient (Wildman–Crippen LogP) is 2.86. The first-order chi connectivity index (χ1) is 7.00. The van der Waals surface area contributed by atoms with Gasteiger partial charge in [-0.25, -0.2) is 4.39 Å². The molecule has 1 aromatic carbocycles. The second-order valence-electron chi connectivity index (χ2n) is 3.73. The third kappa shape index (κ3) is 3.51. The normalized spacial score (nSPS) is 10.5. The molecule has 15 heavy (non-hydrogen) atoms. The van der Waals surface area contributed by atoms with Crippen molar-refractivity contribution in [2.24, 2.45) is 5.92 Å². The third-order valence-electron chi connectivity index (χ3n) is 1.85. The van der Waals surface area contributed by atoms with Crippen molar-refractivity contribution in [3.8, 4) is 0 Å². The lowest BCUT2D eigenvalue weighted by molar-refractivity contribution is 0.0949. The van der Waals surface area contributed by atoms with Crippen molar-refractivity contribution in [2.45, 2.75) is 13.8 Å². The van der Waals surface area contributed by atoms with Gasteiger partial charge in [0, 0.05) is 6.54 Å². The van der Waals surface area contributed by atoms with Crippen LogP contribution in [0, 0.1) is 11.7 Å². The van der Waals surface area contributed by atoms with Gasteiger partial charge < -0.3 is 5.32 Å². The summed E-state index contributed by atoms with van der Waals surface area (Å²) in [6.07, 6.45) is 0. The molecule has 1 rings (SSSR count). The van der Waals surface area contributed by atoms with Gasteiger partial charge in [-0.15, -0.1) is 0 Å². The lowest BCUT2D eigenvalue weighted by atomic mass is 10.2. The van der Waals surface area contributed by atoms with Crippen LogP contribution in [-0.2, 0) is 0 Å². The van der Waals surface area contributed by atoms with Gasteiger partial charge in [0.05, 0.1) is 10.6 Å². The number of rotatable bonds is 3. The molecule has 0 unspecified atom stereocenters. The molecule has 82 valence electrons. The maximum atomic E-state index is 12.7. The Labute approximate surface area is 93.4 Å². The lowest BCUT2D eigenvalue weighted by Gasteiger charge is -2.08. The molecule has 0 spiro atoms. The molecule has 1 N–H and O–H groups in total. The Bertz CT molecular complexity index is 366. The van der Waals surface area contributed by atoms with E-state index in [4.69, 9.17) is 11.6 Å². The maximum Gasteiger partial charge on any atom is 0.252 e. The lowest BCUT2D eigenvalue weighted by Crippen LogP contribution is -2.27. The van der Waals surface area contributed by atoms with Crippen LogP contribution in [0.3, 0.4) is 0 Å². The van der Waals surface area contributed by atoms with Crippen LogP contribution in [0.25, 0.3) is 0 Å². The van der Waals surface area contributed by atoms with Crippen LogP contribution in [0.15, 0.2) is 18.2 Å². The standard InChI is InChI=1S/C11H13ClFNO/c1-7(2)6-14-11(15)9-4-3-8(13)5-10(9)12/h3-5,7H,6H2,1-2H3,(H,14,15). The number of halogens is 2. The summed E-state index contributed by atoms with van der Waals surface area (Å²) >= 11 is 5.74. The highest BCUT2D eigenvalue weighted by atomic mass is 35.5. The Kier molecular flexibility index (Phi) is 4.09. The number of carbonyl (C=O) groups is 1. The molecule has 0 radical (unpaired) electrons. The van der Waals surface area contributed by atoms with Gasteiger partial charge in [0.25, 0.3) is 5.91 Å². The summed E-state index contributed by atoms with van der Waals surface area (Å²) in [4.78, 5) is 11.6. The molecular formula is C11H13ClFNO. The molecule has 1 aromatic rings. The average molecular weight is 230 g/mol. The molecular weight excluding hydrogens is 217 g/mol. The predicted molar refractivity (Wildman–Crippen MR) is 58.6 cm³/mol. The summed E-state index contributed by atoms with van der Waals surface area (Å²) in [6, 6.07) is 3.73. The first-order valence-electron chi connectivity index (χ1n) is 4.74. The zero-order valence-corrected chi connectivity index (χ0v) is 9.44. The van der Waals surface area contributed by atoms with Crippen LogP contribution >= 0.6 is 11.6 Å². The van der Waals surface area contributed by atoms with Gasteiger partial charge in [0.1, 0.15) is 5.82 Å². The summed E-state index contributed by atoms with van der Waals surface area (Å²) < 4.78 is 12.7. The van der Waals surface area contributed by atoms with Gasteiger partial charge in [0.2, 0.25) is 0 Å². The van der Waals surface area contributed by atoms with E-state index in [-0.39, 0.29) is 10.9 Å². The van der Waals surface area contributed by atoms with Crippen molar-refractivity contribution in [3.05, 3.63) is 34.6 Å². The molecule has 0 aliphatic rings. The monoisotopic (exact) mass is 229 g/mol. The minimum absolute atomic E-state index is 0.135. The summed E-state index contributed by atoms with van der Waals surface area (Å²) in [6.45, 7) is 4.56. The van der Waals surface area contributed by atoms with Crippen LogP contribution in [0.1, 0.15) is 24.2 Å². The summed E-state index contributed by atoms with van der Waals surface area (Å²) in [5, 5.41) is 2.85. The molecule has 0 aliphatic heterocycles. The summed E-state index contributed by atoms with van der Waals surface area (Å²) in [5.74, 6) is -0.345. The maximum absolute atomic E-state index is 12.7. The molecule has 0 fully saturated rings. The topological polar surface area (TPSA) is 29.1 Å². The van der Waals surface area contributed by atoms with Gasteiger partial charge in [-0.2, -0.15) is 0 Å². The molecule has 0 saturated carbocycles. The Balaban J connectivity index is 2.74. The van der Waals surface area contributed by atoms with Gasteiger partial charge in [0.15, 0.2) is 0 Å². The Morgan fingerprint density at radius 3 is 2.73 bits per heavy atom. The van der Waals surface area contributed by atoms with Gasteiger partial charge >= 0.3 is 0 Å². The fraction of sp³-hybridized carbons (Fsp3) is 0.364. The molecule has 0 aliphatic carbocycles. The SMILES string of the molecule is CC(C)CNC(=O)c1ccc(F)cc1Cl. The van der Waals surface area contributed by atoms with E-state index in [1.807, 2.05) is 13.8 Å². The van der Waals surface area contributed by atoms with Crippen molar-refractivity contribution >= 4 is 17.5 Å². The van der Waals surface area contributed by atoms with E-state index in [0.29, 0.717) is 18.0 Å². The number of hydrogen-bond acceptors (Lipinski definition) is 1. The number of benzene rings is 1. The molecule has 0 bridgehead atoms.